The summed E-state index contributed by atoms with van der Waals surface area (Å²) in [5.41, 5.74) is 5.21. The van der Waals surface area contributed by atoms with Crippen LogP contribution >= 0.6 is 0 Å². The maximum absolute atomic E-state index is 10.4. The zero-order valence-corrected chi connectivity index (χ0v) is 11.2. The fourth-order valence-electron chi connectivity index (χ4n) is 2.57. The van der Waals surface area contributed by atoms with Crippen molar-refractivity contribution in [2.45, 2.75) is 44.6 Å². The number of aryl methyl sites for hydroxylation is 1. The largest absolute Gasteiger partial charge is 0.388 e. The molecule has 0 atom stereocenters. The molecule has 1 aliphatic rings. The summed E-state index contributed by atoms with van der Waals surface area (Å²) in [7, 11) is 1.94. The second-order valence-electron chi connectivity index (χ2n) is 5.21. The van der Waals surface area contributed by atoms with E-state index in [0.29, 0.717) is 12.4 Å². The molecule has 0 aromatic carbocycles. The van der Waals surface area contributed by atoms with Crippen molar-refractivity contribution in [2.75, 3.05) is 24.2 Å². The fourth-order valence-corrected chi connectivity index (χ4v) is 2.57. The molecule has 0 unspecified atom stereocenters. The Hall–Kier alpha value is -1.36. The van der Waals surface area contributed by atoms with Gasteiger partial charge >= 0.3 is 0 Å². The highest BCUT2D eigenvalue weighted by Crippen LogP contribution is 2.30. The molecule has 0 bridgehead atoms. The highest BCUT2D eigenvalue weighted by Gasteiger charge is 2.32. The Kier molecular flexibility index (Phi) is 3.71. The maximum Gasteiger partial charge on any atom is 0.134 e. The van der Waals surface area contributed by atoms with Crippen molar-refractivity contribution in [3.8, 4) is 0 Å². The summed E-state index contributed by atoms with van der Waals surface area (Å²) < 4.78 is 0. The molecule has 5 nitrogen and oxygen atoms in total. The monoisotopic (exact) mass is 250 g/mol. The quantitative estimate of drug-likeness (QED) is 0.844. The molecule has 0 amide bonds. The smallest absolute Gasteiger partial charge is 0.134 e. The van der Waals surface area contributed by atoms with Crippen LogP contribution in [0.5, 0.6) is 0 Å². The van der Waals surface area contributed by atoms with Crippen molar-refractivity contribution in [3.05, 3.63) is 11.9 Å². The van der Waals surface area contributed by atoms with Gasteiger partial charge in [-0.25, -0.2) is 9.97 Å². The van der Waals surface area contributed by atoms with E-state index in [2.05, 4.69) is 9.97 Å². The molecule has 0 aliphatic heterocycles. The van der Waals surface area contributed by atoms with E-state index >= 15 is 0 Å². The highest BCUT2D eigenvalue weighted by molar-refractivity contribution is 5.46. The van der Waals surface area contributed by atoms with Crippen LogP contribution in [0.15, 0.2) is 6.07 Å². The van der Waals surface area contributed by atoms with Crippen molar-refractivity contribution in [3.63, 3.8) is 0 Å². The Labute approximate surface area is 108 Å². The van der Waals surface area contributed by atoms with Gasteiger partial charge in [0.25, 0.3) is 0 Å². The molecule has 0 radical (unpaired) electrons. The van der Waals surface area contributed by atoms with Gasteiger partial charge < -0.3 is 15.7 Å². The van der Waals surface area contributed by atoms with Crippen LogP contribution < -0.4 is 10.6 Å². The van der Waals surface area contributed by atoms with Gasteiger partial charge in [0.2, 0.25) is 0 Å². The van der Waals surface area contributed by atoms with Gasteiger partial charge in [0, 0.05) is 26.1 Å². The minimum absolute atomic E-state index is 0.488. The van der Waals surface area contributed by atoms with Gasteiger partial charge in [0.15, 0.2) is 0 Å². The van der Waals surface area contributed by atoms with Gasteiger partial charge in [-0.2, -0.15) is 0 Å². The molecule has 1 fully saturated rings. The predicted octanol–water partition coefficient (Wildman–Crippen LogP) is 1.36. The standard InChI is InChI=1S/C13H22N4O/c1-3-11-15-10(14)8-12(16-11)17(2)9-13(18)6-4-5-7-13/h8,18H,3-7,9H2,1-2H3,(H2,14,15,16). The molecule has 3 N–H and O–H groups in total. The van der Waals surface area contributed by atoms with Gasteiger partial charge in [0.1, 0.15) is 17.5 Å². The highest BCUT2D eigenvalue weighted by atomic mass is 16.3. The number of hydrogen-bond acceptors (Lipinski definition) is 5. The number of aliphatic hydroxyl groups is 1. The lowest BCUT2D eigenvalue weighted by Crippen LogP contribution is -2.39. The van der Waals surface area contributed by atoms with Crippen molar-refractivity contribution >= 4 is 11.6 Å². The molecule has 1 heterocycles. The minimum Gasteiger partial charge on any atom is -0.388 e. The summed E-state index contributed by atoms with van der Waals surface area (Å²) in [6.45, 7) is 2.61. The van der Waals surface area contributed by atoms with Gasteiger partial charge in [-0.05, 0) is 12.8 Å². The first-order valence-electron chi connectivity index (χ1n) is 6.59. The number of anilines is 2. The van der Waals surface area contributed by atoms with Crippen LogP contribution in [0, 0.1) is 0 Å². The van der Waals surface area contributed by atoms with Crippen LogP contribution in [-0.4, -0.2) is 34.3 Å². The van der Waals surface area contributed by atoms with Gasteiger partial charge in [-0.3, -0.25) is 0 Å². The Balaban J connectivity index is 2.12. The molecule has 0 saturated heterocycles. The van der Waals surface area contributed by atoms with Crippen LogP contribution in [0.1, 0.15) is 38.4 Å². The third kappa shape index (κ3) is 2.90. The SMILES string of the molecule is CCc1nc(N)cc(N(C)CC2(O)CCCC2)n1. The van der Waals surface area contributed by atoms with E-state index in [-0.39, 0.29) is 0 Å². The molecule has 1 saturated carbocycles. The number of nitrogens with two attached hydrogens (primary N) is 1. The second-order valence-corrected chi connectivity index (χ2v) is 5.21. The Morgan fingerprint density at radius 2 is 2.06 bits per heavy atom. The van der Waals surface area contributed by atoms with Crippen LogP contribution in [0.4, 0.5) is 11.6 Å². The summed E-state index contributed by atoms with van der Waals surface area (Å²) >= 11 is 0. The molecule has 100 valence electrons. The molecule has 5 heteroatoms. The predicted molar refractivity (Wildman–Crippen MR) is 72.5 cm³/mol. The van der Waals surface area contributed by atoms with Crippen LogP contribution in [-0.2, 0) is 6.42 Å². The minimum atomic E-state index is -0.569. The third-order valence-corrected chi connectivity index (χ3v) is 3.55. The first-order valence-corrected chi connectivity index (χ1v) is 6.59. The molecule has 2 rings (SSSR count). The lowest BCUT2D eigenvalue weighted by atomic mass is 10.0. The number of nitrogen functional groups attached to an aromatic ring is 1. The summed E-state index contributed by atoms with van der Waals surface area (Å²) in [6, 6.07) is 1.76. The molecular formula is C13H22N4O. The first kappa shape index (κ1) is 13.1. The number of rotatable bonds is 4. The number of aromatic nitrogens is 2. The molecular weight excluding hydrogens is 228 g/mol. The average Bonchev–Trinajstić information content (AvgIpc) is 2.74. The zero-order valence-electron chi connectivity index (χ0n) is 11.2. The zero-order chi connectivity index (χ0) is 13.2. The van der Waals surface area contributed by atoms with Crippen molar-refractivity contribution < 1.29 is 5.11 Å². The van der Waals surface area contributed by atoms with Crippen LogP contribution in [0.3, 0.4) is 0 Å². The summed E-state index contributed by atoms with van der Waals surface area (Å²) in [4.78, 5) is 10.6. The van der Waals surface area contributed by atoms with Crippen molar-refractivity contribution in [2.24, 2.45) is 0 Å². The van der Waals surface area contributed by atoms with Crippen molar-refractivity contribution in [1.29, 1.82) is 0 Å². The Morgan fingerprint density at radius 1 is 1.39 bits per heavy atom. The Morgan fingerprint density at radius 3 is 2.67 bits per heavy atom. The normalized spacial score (nSPS) is 17.9. The molecule has 18 heavy (non-hydrogen) atoms. The van der Waals surface area contributed by atoms with E-state index in [1.165, 1.54) is 0 Å². The van der Waals surface area contributed by atoms with E-state index in [9.17, 15) is 5.11 Å². The maximum atomic E-state index is 10.4. The lowest BCUT2D eigenvalue weighted by Gasteiger charge is -2.29. The summed E-state index contributed by atoms with van der Waals surface area (Å²) in [5.74, 6) is 2.03. The van der Waals surface area contributed by atoms with Gasteiger partial charge in [-0.15, -0.1) is 0 Å². The van der Waals surface area contributed by atoms with E-state index in [1.807, 2.05) is 18.9 Å². The summed E-state index contributed by atoms with van der Waals surface area (Å²) in [6.07, 6.45) is 4.72. The topological polar surface area (TPSA) is 75.3 Å². The molecule has 1 aromatic rings. The van der Waals surface area contributed by atoms with E-state index in [4.69, 9.17) is 5.73 Å². The van der Waals surface area contributed by atoms with Gasteiger partial charge in [-0.1, -0.05) is 19.8 Å². The first-order chi connectivity index (χ1) is 8.52. The molecule has 1 aliphatic carbocycles. The fraction of sp³-hybridized carbons (Fsp3) is 0.692. The third-order valence-electron chi connectivity index (χ3n) is 3.55. The molecule has 1 aromatic heterocycles. The van der Waals surface area contributed by atoms with Crippen molar-refractivity contribution in [1.82, 2.24) is 9.97 Å². The number of nitrogens with zero attached hydrogens (tertiary/aromatic N) is 3. The van der Waals surface area contributed by atoms with E-state index in [1.54, 1.807) is 6.07 Å². The second kappa shape index (κ2) is 5.10. The Bertz CT molecular complexity index is 415. The molecule has 0 spiro atoms. The van der Waals surface area contributed by atoms with Crippen LogP contribution in [0.25, 0.3) is 0 Å². The van der Waals surface area contributed by atoms with E-state index < -0.39 is 5.60 Å². The average molecular weight is 250 g/mol. The van der Waals surface area contributed by atoms with Gasteiger partial charge in [0.05, 0.1) is 5.60 Å². The lowest BCUT2D eigenvalue weighted by molar-refractivity contribution is 0.0558. The van der Waals surface area contributed by atoms with Crippen LogP contribution in [0.2, 0.25) is 0 Å². The summed E-state index contributed by atoms with van der Waals surface area (Å²) in [5, 5.41) is 10.4. The van der Waals surface area contributed by atoms with E-state index in [0.717, 1.165) is 43.7 Å². The number of likely N-dealkylation sites (N-methyl/N-ethyl adjacent to an activating group) is 1. The number of hydrogen-bond donors (Lipinski definition) is 2.